The highest BCUT2D eigenvalue weighted by Gasteiger charge is 2.58. The van der Waals surface area contributed by atoms with Crippen LogP contribution in [0.15, 0.2) is 12.1 Å². The molecule has 1 aromatic rings. The summed E-state index contributed by atoms with van der Waals surface area (Å²) < 4.78 is 99.8. The smallest absolute Gasteiger partial charge is 0.380 e. The number of alkyl halides is 7. The second kappa shape index (κ2) is 9.32. The van der Waals surface area contributed by atoms with E-state index >= 15 is 0 Å². The predicted molar refractivity (Wildman–Crippen MR) is 107 cm³/mol. The first-order valence-electron chi connectivity index (χ1n) is 9.57. The number of benzene rings is 1. The van der Waals surface area contributed by atoms with E-state index in [2.05, 4.69) is 0 Å². The minimum absolute atomic E-state index is 0.0726. The first kappa shape index (κ1) is 25.0. The number of methoxy groups -OCH3 is 2. The summed E-state index contributed by atoms with van der Waals surface area (Å²) in [5, 5.41) is 0. The van der Waals surface area contributed by atoms with Gasteiger partial charge in [-0.1, -0.05) is 41.6 Å². The maximum Gasteiger partial charge on any atom is 0.415 e. The van der Waals surface area contributed by atoms with Gasteiger partial charge in [-0.15, -0.1) is 0 Å². The highest BCUT2D eigenvalue weighted by atomic mass is 127. The van der Waals surface area contributed by atoms with Gasteiger partial charge in [0.15, 0.2) is 12.2 Å². The highest BCUT2D eigenvalue weighted by Crippen LogP contribution is 2.52. The molecule has 0 bridgehead atoms. The van der Waals surface area contributed by atoms with Crippen molar-refractivity contribution in [2.75, 3.05) is 18.6 Å². The van der Waals surface area contributed by atoms with Crippen molar-refractivity contribution in [1.82, 2.24) is 0 Å². The van der Waals surface area contributed by atoms with Gasteiger partial charge < -0.3 is 18.9 Å². The van der Waals surface area contributed by atoms with Crippen LogP contribution < -0.4 is 0 Å². The molecule has 0 saturated carbocycles. The van der Waals surface area contributed by atoms with Gasteiger partial charge in [0.05, 0.1) is 25.4 Å². The number of hydrogen-bond acceptors (Lipinski definition) is 4. The molecule has 6 atom stereocenters. The highest BCUT2D eigenvalue weighted by molar-refractivity contribution is 14.1. The summed E-state index contributed by atoms with van der Waals surface area (Å²) in [6.07, 6.45) is -14.2. The molecule has 2 saturated heterocycles. The molecule has 2 aliphatic rings. The van der Waals surface area contributed by atoms with Crippen molar-refractivity contribution in [3.63, 3.8) is 0 Å². The molecule has 0 spiro atoms. The van der Waals surface area contributed by atoms with Crippen LogP contribution in [-0.4, -0.2) is 43.2 Å². The lowest BCUT2D eigenvalue weighted by atomic mass is 9.79. The van der Waals surface area contributed by atoms with E-state index in [0.29, 0.717) is 22.3 Å². The fraction of sp³-hybridized carbons (Fsp3) is 0.700. The number of ether oxygens (including phenoxy) is 4. The summed E-state index contributed by atoms with van der Waals surface area (Å²) >= 11 is 1.90. The monoisotopic (exact) mass is 568 g/mol. The average Bonchev–Trinajstić information content (AvgIpc) is 2.61. The number of rotatable bonds is 7. The Hall–Kier alpha value is -0.630. The third-order valence-electron chi connectivity index (χ3n) is 5.76. The third kappa shape index (κ3) is 4.85. The van der Waals surface area contributed by atoms with E-state index in [4.69, 9.17) is 18.9 Å². The lowest BCUT2D eigenvalue weighted by Gasteiger charge is -2.47. The van der Waals surface area contributed by atoms with Gasteiger partial charge in [-0.2, -0.15) is 26.3 Å². The Morgan fingerprint density at radius 3 is 1.68 bits per heavy atom. The molecular weight excluding hydrogens is 545 g/mol. The van der Waals surface area contributed by atoms with Gasteiger partial charge >= 0.3 is 12.4 Å². The van der Waals surface area contributed by atoms with Gasteiger partial charge in [-0.3, -0.25) is 0 Å². The van der Waals surface area contributed by atoms with Crippen LogP contribution in [0.25, 0.3) is 0 Å². The van der Waals surface area contributed by atoms with Gasteiger partial charge in [0, 0.05) is 30.5 Å². The average molecular weight is 568 g/mol. The van der Waals surface area contributed by atoms with E-state index in [9.17, 15) is 26.3 Å². The summed E-state index contributed by atoms with van der Waals surface area (Å²) in [5.74, 6) is -1.58. The molecule has 0 aliphatic carbocycles. The van der Waals surface area contributed by atoms with Gasteiger partial charge in [0.1, 0.15) is 0 Å². The SMILES string of the molecule is COCc1cc(C2OC(C(F)(F)F)C2CI)c(COC)cc1C1OC(C(F)(F)F)C1C. The van der Waals surface area contributed by atoms with Crippen molar-refractivity contribution in [1.29, 1.82) is 0 Å². The summed E-state index contributed by atoms with van der Waals surface area (Å²) in [7, 11) is 2.87. The zero-order chi connectivity index (χ0) is 23.1. The van der Waals surface area contributed by atoms with E-state index in [-0.39, 0.29) is 17.6 Å². The van der Waals surface area contributed by atoms with Crippen LogP contribution in [0, 0.1) is 11.8 Å². The Labute approximate surface area is 189 Å². The molecule has 2 fully saturated rings. The molecule has 0 aromatic heterocycles. The van der Waals surface area contributed by atoms with Crippen LogP contribution >= 0.6 is 22.6 Å². The molecule has 0 radical (unpaired) electrons. The van der Waals surface area contributed by atoms with E-state index in [1.165, 1.54) is 21.1 Å². The van der Waals surface area contributed by atoms with E-state index in [0.717, 1.165) is 0 Å². The van der Waals surface area contributed by atoms with Crippen molar-refractivity contribution in [3.05, 3.63) is 34.4 Å². The number of hydrogen-bond donors (Lipinski definition) is 0. The molecule has 176 valence electrons. The molecule has 3 rings (SSSR count). The molecule has 0 amide bonds. The molecule has 31 heavy (non-hydrogen) atoms. The van der Waals surface area contributed by atoms with Gasteiger partial charge in [-0.05, 0) is 22.3 Å². The Kier molecular flexibility index (Phi) is 7.51. The fourth-order valence-corrected chi connectivity index (χ4v) is 5.16. The van der Waals surface area contributed by atoms with Gasteiger partial charge in [-0.25, -0.2) is 0 Å². The van der Waals surface area contributed by atoms with Crippen molar-refractivity contribution in [2.45, 2.75) is 56.9 Å². The zero-order valence-corrected chi connectivity index (χ0v) is 19.2. The minimum atomic E-state index is -4.47. The molecule has 2 heterocycles. The third-order valence-corrected chi connectivity index (χ3v) is 6.77. The number of halogens is 7. The molecule has 6 unspecified atom stereocenters. The Balaban J connectivity index is 1.96. The quantitative estimate of drug-likeness (QED) is 0.242. The standard InChI is InChI=1S/C20H23F6IO4/c1-9-15(30-17(9)19(21,22)23)12-4-11(8-29-3)13(5-10(12)7-28-2)16-14(6-27)18(31-16)20(24,25)26/h4-5,9,14-18H,6-8H2,1-3H3. The lowest BCUT2D eigenvalue weighted by molar-refractivity contribution is -0.317. The second-order valence-corrected chi connectivity index (χ2v) is 8.71. The maximum atomic E-state index is 13.2. The fourth-order valence-electron chi connectivity index (χ4n) is 4.24. The summed E-state index contributed by atoms with van der Waals surface area (Å²) in [5.41, 5.74) is 2.16. The van der Waals surface area contributed by atoms with Crippen LogP contribution in [-0.2, 0) is 32.2 Å². The normalized spacial score (nSPS) is 31.3. The first-order valence-corrected chi connectivity index (χ1v) is 11.1. The van der Waals surface area contributed by atoms with E-state index in [1.807, 2.05) is 22.6 Å². The van der Waals surface area contributed by atoms with Crippen LogP contribution in [0.1, 0.15) is 41.4 Å². The summed E-state index contributed by atoms with van der Waals surface area (Å²) in [4.78, 5) is 0. The predicted octanol–water partition coefficient (Wildman–Crippen LogP) is 5.67. The molecular formula is C20H23F6IO4. The zero-order valence-electron chi connectivity index (χ0n) is 17.0. The topological polar surface area (TPSA) is 36.9 Å². The second-order valence-electron chi connectivity index (χ2n) is 7.83. The van der Waals surface area contributed by atoms with Gasteiger partial charge in [0.25, 0.3) is 0 Å². The largest absolute Gasteiger partial charge is 0.415 e. The Bertz CT molecular complexity index is 784. The van der Waals surface area contributed by atoms with Crippen molar-refractivity contribution in [2.24, 2.45) is 11.8 Å². The van der Waals surface area contributed by atoms with Crippen LogP contribution in [0.5, 0.6) is 0 Å². The summed E-state index contributed by atoms with van der Waals surface area (Å²) in [6, 6.07) is 3.30. The molecule has 1 aromatic carbocycles. The van der Waals surface area contributed by atoms with Gasteiger partial charge in [0.2, 0.25) is 0 Å². The summed E-state index contributed by atoms with van der Waals surface area (Å²) in [6.45, 7) is 1.61. The van der Waals surface area contributed by atoms with Crippen molar-refractivity contribution < 1.29 is 45.3 Å². The molecule has 2 aliphatic heterocycles. The first-order chi connectivity index (χ1) is 14.4. The van der Waals surface area contributed by atoms with Crippen LogP contribution in [0.4, 0.5) is 26.3 Å². The van der Waals surface area contributed by atoms with Crippen LogP contribution in [0.3, 0.4) is 0 Å². The molecule has 4 nitrogen and oxygen atoms in total. The Morgan fingerprint density at radius 1 is 0.839 bits per heavy atom. The lowest BCUT2D eigenvalue weighted by Crippen LogP contribution is -2.52. The molecule has 0 N–H and O–H groups in total. The minimum Gasteiger partial charge on any atom is -0.380 e. The van der Waals surface area contributed by atoms with E-state index < -0.39 is 48.6 Å². The molecule has 11 heteroatoms. The Morgan fingerprint density at radius 2 is 1.29 bits per heavy atom. The van der Waals surface area contributed by atoms with Crippen LogP contribution in [0.2, 0.25) is 0 Å². The van der Waals surface area contributed by atoms with Crippen molar-refractivity contribution >= 4 is 22.6 Å². The maximum absolute atomic E-state index is 13.2. The van der Waals surface area contributed by atoms with Crippen molar-refractivity contribution in [3.8, 4) is 0 Å². The van der Waals surface area contributed by atoms with E-state index in [1.54, 1.807) is 12.1 Å².